The summed E-state index contributed by atoms with van der Waals surface area (Å²) in [5.41, 5.74) is 2.82. The molecule has 2 heterocycles. The maximum absolute atomic E-state index is 13.7. The van der Waals surface area contributed by atoms with E-state index < -0.39 is 0 Å². The van der Waals surface area contributed by atoms with Crippen LogP contribution in [0.4, 0.5) is 4.39 Å². The van der Waals surface area contributed by atoms with Crippen molar-refractivity contribution in [2.75, 3.05) is 0 Å². The Kier molecular flexibility index (Phi) is 2.23. The Balaban J connectivity index is 1.86. The molecule has 0 aliphatic carbocycles. The number of rotatable bonds is 1. The van der Waals surface area contributed by atoms with Crippen LogP contribution < -0.4 is 5.32 Å². The molecule has 1 unspecified atom stereocenters. The summed E-state index contributed by atoms with van der Waals surface area (Å²) in [6.45, 7) is 0.820. The van der Waals surface area contributed by atoms with Crippen molar-refractivity contribution in [3.05, 3.63) is 71.2 Å². The standard InChI is InChI=1S/C16H12FNO/c17-13-7-3-5-10-8-14(19-16(10)13)15-12-6-2-1-4-11(12)9-18-15/h1-8,15,18H,9H2. The highest BCUT2D eigenvalue weighted by molar-refractivity contribution is 5.78. The molecule has 0 bridgehead atoms. The van der Waals surface area contributed by atoms with Gasteiger partial charge in [0.05, 0.1) is 6.04 Å². The van der Waals surface area contributed by atoms with Crippen LogP contribution in [0.15, 0.2) is 52.9 Å². The van der Waals surface area contributed by atoms with Gasteiger partial charge in [0, 0.05) is 11.9 Å². The predicted molar refractivity (Wildman–Crippen MR) is 71.3 cm³/mol. The summed E-state index contributed by atoms with van der Waals surface area (Å²) in [5.74, 6) is 0.458. The van der Waals surface area contributed by atoms with E-state index in [2.05, 4.69) is 17.4 Å². The highest BCUT2D eigenvalue weighted by Crippen LogP contribution is 2.34. The fourth-order valence-electron chi connectivity index (χ4n) is 2.74. The van der Waals surface area contributed by atoms with E-state index in [9.17, 15) is 4.39 Å². The van der Waals surface area contributed by atoms with Gasteiger partial charge in [0.2, 0.25) is 0 Å². The average molecular weight is 253 g/mol. The molecule has 0 amide bonds. The van der Waals surface area contributed by atoms with E-state index in [4.69, 9.17) is 4.42 Å². The van der Waals surface area contributed by atoms with Crippen molar-refractivity contribution < 1.29 is 8.81 Å². The van der Waals surface area contributed by atoms with Gasteiger partial charge in [-0.05, 0) is 23.3 Å². The van der Waals surface area contributed by atoms with Crippen molar-refractivity contribution >= 4 is 11.0 Å². The fraction of sp³-hybridized carbons (Fsp3) is 0.125. The first kappa shape index (κ1) is 10.8. The number of halogens is 1. The third kappa shape index (κ3) is 1.59. The molecule has 19 heavy (non-hydrogen) atoms. The summed E-state index contributed by atoms with van der Waals surface area (Å²) in [7, 11) is 0. The van der Waals surface area contributed by atoms with Crippen molar-refractivity contribution in [2.24, 2.45) is 0 Å². The Bertz CT molecular complexity index is 762. The number of fused-ring (bicyclic) bond motifs is 2. The molecule has 0 saturated heterocycles. The summed E-state index contributed by atoms with van der Waals surface area (Å²) >= 11 is 0. The van der Waals surface area contributed by atoms with Crippen LogP contribution in [-0.2, 0) is 6.54 Å². The van der Waals surface area contributed by atoms with Gasteiger partial charge in [0.15, 0.2) is 11.4 Å². The number of nitrogens with one attached hydrogen (secondary N) is 1. The molecule has 0 radical (unpaired) electrons. The third-order valence-corrected chi connectivity index (χ3v) is 3.66. The molecule has 1 aliphatic rings. The van der Waals surface area contributed by atoms with Gasteiger partial charge in [-0.15, -0.1) is 0 Å². The van der Waals surface area contributed by atoms with E-state index in [1.54, 1.807) is 6.07 Å². The molecule has 0 fully saturated rings. The third-order valence-electron chi connectivity index (χ3n) is 3.66. The van der Waals surface area contributed by atoms with E-state index in [0.29, 0.717) is 5.58 Å². The molecule has 1 aliphatic heterocycles. The van der Waals surface area contributed by atoms with E-state index in [0.717, 1.165) is 17.7 Å². The zero-order valence-electron chi connectivity index (χ0n) is 10.2. The molecule has 2 nitrogen and oxygen atoms in total. The molecule has 3 aromatic rings. The van der Waals surface area contributed by atoms with Crippen molar-refractivity contribution in [1.82, 2.24) is 5.32 Å². The molecule has 1 atom stereocenters. The lowest BCUT2D eigenvalue weighted by molar-refractivity contribution is 0.475. The maximum atomic E-state index is 13.7. The summed E-state index contributed by atoms with van der Waals surface area (Å²) < 4.78 is 19.4. The first-order valence-electron chi connectivity index (χ1n) is 6.32. The molecule has 0 spiro atoms. The Morgan fingerprint density at radius 1 is 1.11 bits per heavy atom. The Morgan fingerprint density at radius 2 is 2.00 bits per heavy atom. The number of furan rings is 1. The van der Waals surface area contributed by atoms with Crippen LogP contribution in [0, 0.1) is 5.82 Å². The van der Waals surface area contributed by atoms with Crippen molar-refractivity contribution in [2.45, 2.75) is 12.6 Å². The van der Waals surface area contributed by atoms with Gasteiger partial charge >= 0.3 is 0 Å². The molecule has 2 aromatic carbocycles. The summed E-state index contributed by atoms with van der Waals surface area (Å²) in [5, 5.41) is 4.21. The monoisotopic (exact) mass is 253 g/mol. The topological polar surface area (TPSA) is 25.2 Å². The number of hydrogen-bond donors (Lipinski definition) is 1. The highest BCUT2D eigenvalue weighted by atomic mass is 19.1. The Hall–Kier alpha value is -2.13. The van der Waals surface area contributed by atoms with Crippen LogP contribution in [0.3, 0.4) is 0 Å². The molecule has 4 rings (SSSR count). The van der Waals surface area contributed by atoms with E-state index >= 15 is 0 Å². The largest absolute Gasteiger partial charge is 0.456 e. The maximum Gasteiger partial charge on any atom is 0.169 e. The summed E-state index contributed by atoms with van der Waals surface area (Å²) in [6.07, 6.45) is 0. The first-order chi connectivity index (χ1) is 9.33. The average Bonchev–Trinajstić information content (AvgIpc) is 3.02. The van der Waals surface area contributed by atoms with Gasteiger partial charge in [-0.25, -0.2) is 4.39 Å². The number of hydrogen-bond acceptors (Lipinski definition) is 2. The molecule has 3 heteroatoms. The van der Waals surface area contributed by atoms with Gasteiger partial charge in [-0.2, -0.15) is 0 Å². The van der Waals surface area contributed by atoms with Crippen LogP contribution in [0.25, 0.3) is 11.0 Å². The van der Waals surface area contributed by atoms with Crippen LogP contribution in [-0.4, -0.2) is 0 Å². The van der Waals surface area contributed by atoms with Gasteiger partial charge in [0.25, 0.3) is 0 Å². The summed E-state index contributed by atoms with van der Waals surface area (Å²) in [4.78, 5) is 0. The minimum absolute atomic E-state index is 0.0167. The molecule has 1 aromatic heterocycles. The first-order valence-corrected chi connectivity index (χ1v) is 6.32. The van der Waals surface area contributed by atoms with E-state index in [1.165, 1.54) is 17.2 Å². The number of para-hydroxylation sites is 1. The summed E-state index contributed by atoms with van der Waals surface area (Å²) in [6, 6.07) is 15.2. The second kappa shape index (κ2) is 3.93. The zero-order chi connectivity index (χ0) is 12.8. The van der Waals surface area contributed by atoms with Crippen LogP contribution in [0.1, 0.15) is 22.9 Å². The molecule has 94 valence electrons. The fourth-order valence-corrected chi connectivity index (χ4v) is 2.74. The lowest BCUT2D eigenvalue weighted by Crippen LogP contribution is -2.12. The Morgan fingerprint density at radius 3 is 2.89 bits per heavy atom. The smallest absolute Gasteiger partial charge is 0.169 e. The van der Waals surface area contributed by atoms with Crippen LogP contribution >= 0.6 is 0 Å². The molecule has 1 N–H and O–H groups in total. The second-order valence-corrected chi connectivity index (χ2v) is 4.82. The Labute approximate surface area is 109 Å². The van der Waals surface area contributed by atoms with Gasteiger partial charge in [0.1, 0.15) is 5.76 Å². The SMILES string of the molecule is Fc1cccc2cc(C3NCc4ccccc43)oc12. The van der Waals surface area contributed by atoms with Crippen LogP contribution in [0.2, 0.25) is 0 Å². The van der Waals surface area contributed by atoms with Gasteiger partial charge in [-0.3, -0.25) is 5.32 Å². The van der Waals surface area contributed by atoms with Gasteiger partial charge in [-0.1, -0.05) is 36.4 Å². The molecular formula is C16H12FNO. The minimum atomic E-state index is -0.310. The minimum Gasteiger partial charge on any atom is -0.456 e. The lowest BCUT2D eigenvalue weighted by Gasteiger charge is -2.08. The van der Waals surface area contributed by atoms with E-state index in [1.807, 2.05) is 24.3 Å². The normalized spacial score (nSPS) is 17.8. The quantitative estimate of drug-likeness (QED) is 0.714. The lowest BCUT2D eigenvalue weighted by atomic mass is 10.0. The van der Waals surface area contributed by atoms with Crippen LogP contribution in [0.5, 0.6) is 0 Å². The van der Waals surface area contributed by atoms with Crippen molar-refractivity contribution in [1.29, 1.82) is 0 Å². The molecule has 0 saturated carbocycles. The second-order valence-electron chi connectivity index (χ2n) is 4.82. The van der Waals surface area contributed by atoms with E-state index in [-0.39, 0.29) is 11.9 Å². The number of benzene rings is 2. The van der Waals surface area contributed by atoms with Crippen molar-refractivity contribution in [3.63, 3.8) is 0 Å². The van der Waals surface area contributed by atoms with Crippen molar-refractivity contribution in [3.8, 4) is 0 Å². The zero-order valence-corrected chi connectivity index (χ0v) is 10.2. The predicted octanol–water partition coefficient (Wildman–Crippen LogP) is 3.76. The highest BCUT2D eigenvalue weighted by Gasteiger charge is 2.26. The molecular weight excluding hydrogens is 241 g/mol. The van der Waals surface area contributed by atoms with Gasteiger partial charge < -0.3 is 4.42 Å².